The number of nitrogens with one attached hydrogen (secondary N) is 1. The molecule has 0 unspecified atom stereocenters. The summed E-state index contributed by atoms with van der Waals surface area (Å²) in [5, 5.41) is 12.1. The van der Waals surface area contributed by atoms with Gasteiger partial charge in [-0.05, 0) is 38.8 Å². The van der Waals surface area contributed by atoms with E-state index in [1.165, 1.54) is 36.4 Å². The molecule has 1 aliphatic carbocycles. The van der Waals surface area contributed by atoms with E-state index < -0.39 is 0 Å². The molecule has 8 nitrogen and oxygen atoms in total. The Hall–Kier alpha value is -2.64. The van der Waals surface area contributed by atoms with Crippen molar-refractivity contribution in [2.24, 2.45) is 5.92 Å². The van der Waals surface area contributed by atoms with E-state index in [0.29, 0.717) is 31.5 Å². The minimum Gasteiger partial charge on any atom is -0.335 e. The average molecular weight is 399 g/mol. The molecule has 2 amide bonds. The van der Waals surface area contributed by atoms with E-state index in [-0.39, 0.29) is 17.5 Å². The van der Waals surface area contributed by atoms with Crippen molar-refractivity contribution in [3.63, 3.8) is 0 Å². The van der Waals surface area contributed by atoms with Crippen LogP contribution in [0.15, 0.2) is 23.0 Å². The number of carbonyl (C=O) groups is 1. The van der Waals surface area contributed by atoms with E-state index in [1.54, 1.807) is 10.7 Å². The molecular weight excluding hydrogens is 368 g/mol. The number of nitrogens with zero attached hydrogens (tertiary/aromatic N) is 5. The van der Waals surface area contributed by atoms with Gasteiger partial charge < -0.3 is 10.2 Å². The zero-order valence-corrected chi connectivity index (χ0v) is 17.3. The highest BCUT2D eigenvalue weighted by molar-refractivity contribution is 5.75. The molecule has 0 spiro atoms. The predicted molar refractivity (Wildman–Crippen MR) is 110 cm³/mol. The van der Waals surface area contributed by atoms with Crippen molar-refractivity contribution in [1.29, 1.82) is 0 Å². The Kier molecular flexibility index (Phi) is 5.69. The summed E-state index contributed by atoms with van der Waals surface area (Å²) in [6, 6.07) is 5.56. The predicted octanol–water partition coefficient (Wildman–Crippen LogP) is 2.41. The first kappa shape index (κ1) is 19.7. The average Bonchev–Trinajstić information content (AvgIpc) is 2.83. The Bertz CT molecular complexity index is 919. The maximum Gasteiger partial charge on any atom is 0.317 e. The van der Waals surface area contributed by atoms with Gasteiger partial charge in [0.05, 0.1) is 12.2 Å². The fraction of sp³-hybridized carbons (Fsp3) is 0.619. The number of hydrogen-bond donors (Lipinski definition) is 1. The number of urea groups is 1. The summed E-state index contributed by atoms with van der Waals surface area (Å²) in [5.74, 6) is 0.883. The summed E-state index contributed by atoms with van der Waals surface area (Å²) < 4.78 is 3.25. The Morgan fingerprint density at radius 2 is 1.83 bits per heavy atom. The highest BCUT2D eigenvalue weighted by atomic mass is 16.2. The first-order valence-corrected chi connectivity index (χ1v) is 10.7. The van der Waals surface area contributed by atoms with Crippen molar-refractivity contribution < 1.29 is 4.79 Å². The van der Waals surface area contributed by atoms with Gasteiger partial charge in [0.25, 0.3) is 5.56 Å². The maximum atomic E-state index is 12.5. The summed E-state index contributed by atoms with van der Waals surface area (Å²) in [7, 11) is 0. The van der Waals surface area contributed by atoms with Crippen molar-refractivity contribution in [3.05, 3.63) is 39.9 Å². The number of aryl methyl sites for hydroxylation is 2. The lowest BCUT2D eigenvalue weighted by Crippen LogP contribution is -2.56. The summed E-state index contributed by atoms with van der Waals surface area (Å²) in [4.78, 5) is 26.6. The van der Waals surface area contributed by atoms with Gasteiger partial charge in [0.15, 0.2) is 5.82 Å². The lowest BCUT2D eigenvalue weighted by Gasteiger charge is -2.39. The third-order valence-electron chi connectivity index (χ3n) is 5.94. The Balaban J connectivity index is 1.34. The molecule has 3 heterocycles. The number of carbonyl (C=O) groups excluding carboxylic acids is 1. The van der Waals surface area contributed by atoms with E-state index in [9.17, 15) is 9.59 Å². The molecule has 4 rings (SSSR count). The lowest BCUT2D eigenvalue weighted by molar-refractivity contribution is 0.104. The van der Waals surface area contributed by atoms with Gasteiger partial charge in [-0.1, -0.05) is 25.7 Å². The highest BCUT2D eigenvalue weighted by Gasteiger charge is 2.32. The van der Waals surface area contributed by atoms with Gasteiger partial charge in [0, 0.05) is 36.8 Å². The van der Waals surface area contributed by atoms with Crippen LogP contribution in [0.2, 0.25) is 0 Å². The fourth-order valence-electron chi connectivity index (χ4n) is 4.33. The summed E-state index contributed by atoms with van der Waals surface area (Å²) in [6.07, 6.45) is 7.12. The van der Waals surface area contributed by atoms with Gasteiger partial charge in [0.1, 0.15) is 0 Å². The number of likely N-dealkylation sites (tertiary alicyclic amines) is 1. The van der Waals surface area contributed by atoms with E-state index in [4.69, 9.17) is 0 Å². The molecule has 29 heavy (non-hydrogen) atoms. The van der Waals surface area contributed by atoms with Crippen LogP contribution in [0.25, 0.3) is 5.82 Å². The second kappa shape index (κ2) is 8.39. The third kappa shape index (κ3) is 4.52. The smallest absolute Gasteiger partial charge is 0.317 e. The molecule has 2 aromatic heterocycles. The Labute approximate surface area is 170 Å². The zero-order valence-electron chi connectivity index (χ0n) is 17.3. The largest absolute Gasteiger partial charge is 0.335 e. The van der Waals surface area contributed by atoms with Gasteiger partial charge in [0.2, 0.25) is 0 Å². The van der Waals surface area contributed by atoms with Crippen LogP contribution in [0, 0.1) is 19.8 Å². The van der Waals surface area contributed by atoms with Crippen molar-refractivity contribution in [1.82, 2.24) is 29.8 Å². The molecule has 0 radical (unpaired) electrons. The van der Waals surface area contributed by atoms with Crippen LogP contribution >= 0.6 is 0 Å². The molecule has 1 saturated carbocycles. The lowest BCUT2D eigenvalue weighted by atomic mass is 10.0. The van der Waals surface area contributed by atoms with Gasteiger partial charge in [-0.15, -0.1) is 5.10 Å². The molecule has 8 heteroatoms. The second-order valence-electron chi connectivity index (χ2n) is 8.46. The van der Waals surface area contributed by atoms with E-state index in [0.717, 1.165) is 24.2 Å². The maximum absolute atomic E-state index is 12.5. The molecular formula is C21H30N6O2. The molecule has 0 atom stereocenters. The van der Waals surface area contributed by atoms with Crippen LogP contribution in [0.1, 0.15) is 49.9 Å². The third-order valence-corrected chi connectivity index (χ3v) is 5.94. The van der Waals surface area contributed by atoms with Crippen molar-refractivity contribution in [2.75, 3.05) is 13.1 Å². The monoisotopic (exact) mass is 398 g/mol. The number of rotatable bonds is 4. The molecule has 2 aliphatic rings. The standard InChI is InChI=1S/C21H30N6O2/c1-15-11-16(2)27(23-15)19-9-10-20(28)26(24-19)14-17-12-25(13-17)21(29)22-18-7-5-3-4-6-8-18/h9-11,17-18H,3-8,12-14H2,1-2H3,(H,22,29). The summed E-state index contributed by atoms with van der Waals surface area (Å²) in [6.45, 7) is 5.74. The SMILES string of the molecule is Cc1cc(C)n(-c2ccc(=O)n(CC3CN(C(=O)NC4CCCCCC4)C3)n2)n1. The topological polar surface area (TPSA) is 85.0 Å². The van der Waals surface area contributed by atoms with Crippen LogP contribution in [-0.2, 0) is 6.54 Å². The number of aromatic nitrogens is 4. The molecule has 1 saturated heterocycles. The normalized spacial score (nSPS) is 18.3. The van der Waals surface area contributed by atoms with Crippen LogP contribution < -0.4 is 10.9 Å². The quantitative estimate of drug-likeness (QED) is 0.802. The first-order chi connectivity index (χ1) is 14.0. The van der Waals surface area contributed by atoms with Crippen molar-refractivity contribution in [2.45, 2.75) is 65.0 Å². The number of amides is 2. The highest BCUT2D eigenvalue weighted by Crippen LogP contribution is 2.20. The van der Waals surface area contributed by atoms with Gasteiger partial charge in [-0.25, -0.2) is 14.2 Å². The zero-order chi connectivity index (χ0) is 20.4. The van der Waals surface area contributed by atoms with Crippen LogP contribution in [0.5, 0.6) is 0 Å². The van der Waals surface area contributed by atoms with E-state index >= 15 is 0 Å². The van der Waals surface area contributed by atoms with Crippen LogP contribution in [0.4, 0.5) is 4.79 Å². The van der Waals surface area contributed by atoms with E-state index in [1.807, 2.05) is 24.8 Å². The van der Waals surface area contributed by atoms with Crippen molar-refractivity contribution in [3.8, 4) is 5.82 Å². The van der Waals surface area contributed by atoms with Gasteiger partial charge in [-0.2, -0.15) is 5.10 Å². The summed E-state index contributed by atoms with van der Waals surface area (Å²) >= 11 is 0. The van der Waals surface area contributed by atoms with Gasteiger partial charge in [-0.3, -0.25) is 4.79 Å². The molecule has 1 N–H and O–H groups in total. The molecule has 0 bridgehead atoms. The molecule has 156 valence electrons. The molecule has 1 aliphatic heterocycles. The molecule has 2 aromatic rings. The van der Waals surface area contributed by atoms with Crippen LogP contribution in [-0.4, -0.2) is 49.6 Å². The minimum absolute atomic E-state index is 0.0323. The Morgan fingerprint density at radius 1 is 1.10 bits per heavy atom. The first-order valence-electron chi connectivity index (χ1n) is 10.7. The fourth-order valence-corrected chi connectivity index (χ4v) is 4.33. The number of hydrogen-bond acceptors (Lipinski definition) is 4. The Morgan fingerprint density at radius 3 is 2.48 bits per heavy atom. The second-order valence-corrected chi connectivity index (χ2v) is 8.46. The van der Waals surface area contributed by atoms with Crippen LogP contribution in [0.3, 0.4) is 0 Å². The minimum atomic E-state index is -0.128. The summed E-state index contributed by atoms with van der Waals surface area (Å²) in [5.41, 5.74) is 1.76. The molecule has 0 aromatic carbocycles. The van der Waals surface area contributed by atoms with Crippen molar-refractivity contribution >= 4 is 6.03 Å². The van der Waals surface area contributed by atoms with E-state index in [2.05, 4.69) is 15.5 Å². The molecule has 2 fully saturated rings. The van der Waals surface area contributed by atoms with Gasteiger partial charge >= 0.3 is 6.03 Å².